The maximum atomic E-state index is 5.52. The van der Waals surface area contributed by atoms with Crippen LogP contribution in [0.5, 0.6) is 0 Å². The highest BCUT2D eigenvalue weighted by atomic mass is 35.5. The molecule has 18 heavy (non-hydrogen) atoms. The van der Waals surface area contributed by atoms with Crippen molar-refractivity contribution in [3.05, 3.63) is 42.7 Å². The van der Waals surface area contributed by atoms with Crippen molar-refractivity contribution in [1.29, 1.82) is 0 Å². The lowest BCUT2D eigenvalue weighted by Gasteiger charge is -2.05. The van der Waals surface area contributed by atoms with E-state index < -0.39 is 0 Å². The van der Waals surface area contributed by atoms with Crippen LogP contribution < -0.4 is 11.1 Å². The Bertz CT molecular complexity index is 664. The summed E-state index contributed by atoms with van der Waals surface area (Å²) in [5.74, 6) is 0.944. The van der Waals surface area contributed by atoms with Gasteiger partial charge in [0.1, 0.15) is 5.82 Å². The number of nitrogens with zero attached hydrogens (tertiary/aromatic N) is 2. The largest absolute Gasteiger partial charge is 0.368 e. The molecule has 0 unspecified atom stereocenters. The molecule has 0 saturated heterocycles. The summed E-state index contributed by atoms with van der Waals surface area (Å²) < 4.78 is 0. The number of fused-ring (bicyclic) bond motifs is 1. The van der Waals surface area contributed by atoms with Gasteiger partial charge >= 0.3 is 0 Å². The lowest BCUT2D eigenvalue weighted by molar-refractivity contribution is 1.18. The van der Waals surface area contributed by atoms with Gasteiger partial charge in [0.25, 0.3) is 0 Å². The molecule has 1 aromatic carbocycles. The lowest BCUT2D eigenvalue weighted by Crippen LogP contribution is -1.98. The Balaban J connectivity index is 0.00000120. The fourth-order valence-corrected chi connectivity index (χ4v) is 1.72. The first-order valence-corrected chi connectivity index (χ1v) is 5.24. The topological polar surface area (TPSA) is 79.6 Å². The molecule has 4 N–H and O–H groups in total. The third-order valence-corrected chi connectivity index (χ3v) is 2.50. The van der Waals surface area contributed by atoms with E-state index in [9.17, 15) is 0 Å². The number of halogens is 1. The number of benzene rings is 1. The molecule has 3 rings (SSSR count). The van der Waals surface area contributed by atoms with E-state index in [1.165, 1.54) is 5.39 Å². The number of nitrogen functional groups attached to an aromatic ring is 1. The fraction of sp³-hybridized carbons (Fsp3) is 0. The number of H-pyrrole nitrogens is 1. The average Bonchev–Trinajstić information content (AvgIpc) is 2.76. The highest BCUT2D eigenvalue weighted by Gasteiger charge is 1.99. The van der Waals surface area contributed by atoms with Crippen LogP contribution in [0, 0.1) is 0 Å². The van der Waals surface area contributed by atoms with Gasteiger partial charge in [0.15, 0.2) is 0 Å². The first kappa shape index (κ1) is 12.2. The van der Waals surface area contributed by atoms with Crippen molar-refractivity contribution in [2.24, 2.45) is 0 Å². The van der Waals surface area contributed by atoms with Gasteiger partial charge in [-0.05, 0) is 29.7 Å². The van der Waals surface area contributed by atoms with Crippen molar-refractivity contribution in [2.75, 3.05) is 11.1 Å². The maximum Gasteiger partial charge on any atom is 0.221 e. The summed E-state index contributed by atoms with van der Waals surface area (Å²) in [6.07, 6.45) is 3.54. The standard InChI is InChI=1S/C12H11N5.ClH/c13-12-15-6-4-11(17-12)16-9-2-1-8-3-5-14-10(8)7-9;/h1-7,14H,(H3,13,15,16,17);1H. The zero-order chi connectivity index (χ0) is 11.7. The molecule has 5 nitrogen and oxygen atoms in total. The van der Waals surface area contributed by atoms with E-state index in [2.05, 4.69) is 20.3 Å². The summed E-state index contributed by atoms with van der Waals surface area (Å²) in [6.45, 7) is 0. The smallest absolute Gasteiger partial charge is 0.221 e. The van der Waals surface area contributed by atoms with Gasteiger partial charge in [0.05, 0.1) is 0 Å². The first-order chi connectivity index (χ1) is 8.31. The van der Waals surface area contributed by atoms with E-state index in [0.717, 1.165) is 11.2 Å². The molecule has 0 aliphatic rings. The van der Waals surface area contributed by atoms with E-state index in [4.69, 9.17) is 5.73 Å². The second kappa shape index (κ2) is 4.93. The average molecular weight is 262 g/mol. The molecular weight excluding hydrogens is 250 g/mol. The summed E-state index contributed by atoms with van der Waals surface area (Å²) in [6, 6.07) is 9.86. The van der Waals surface area contributed by atoms with Crippen LogP contribution in [-0.2, 0) is 0 Å². The summed E-state index contributed by atoms with van der Waals surface area (Å²) in [4.78, 5) is 11.1. The van der Waals surface area contributed by atoms with Crippen LogP contribution in [0.4, 0.5) is 17.5 Å². The number of nitrogens with two attached hydrogens (primary N) is 1. The van der Waals surface area contributed by atoms with Crippen molar-refractivity contribution in [3.63, 3.8) is 0 Å². The van der Waals surface area contributed by atoms with Gasteiger partial charge in [0, 0.05) is 23.6 Å². The quantitative estimate of drug-likeness (QED) is 0.663. The highest BCUT2D eigenvalue weighted by Crippen LogP contribution is 2.20. The van der Waals surface area contributed by atoms with Crippen molar-refractivity contribution in [2.45, 2.75) is 0 Å². The molecule has 6 heteroatoms. The van der Waals surface area contributed by atoms with Crippen molar-refractivity contribution in [1.82, 2.24) is 15.0 Å². The van der Waals surface area contributed by atoms with Crippen LogP contribution in [0.2, 0.25) is 0 Å². The number of aromatic amines is 1. The molecule has 0 fully saturated rings. The summed E-state index contributed by atoms with van der Waals surface area (Å²) in [7, 11) is 0. The van der Waals surface area contributed by atoms with Gasteiger partial charge in [-0.3, -0.25) is 0 Å². The highest BCUT2D eigenvalue weighted by molar-refractivity contribution is 5.85. The van der Waals surface area contributed by atoms with Crippen LogP contribution in [0.25, 0.3) is 10.9 Å². The van der Waals surface area contributed by atoms with Crippen LogP contribution in [0.3, 0.4) is 0 Å². The molecule has 0 bridgehead atoms. The Hall–Kier alpha value is -2.27. The molecule has 0 amide bonds. The second-order valence-corrected chi connectivity index (χ2v) is 3.70. The van der Waals surface area contributed by atoms with Crippen molar-refractivity contribution < 1.29 is 0 Å². The number of anilines is 3. The second-order valence-electron chi connectivity index (χ2n) is 3.70. The Labute approximate surface area is 110 Å². The number of hydrogen-bond acceptors (Lipinski definition) is 4. The molecule has 2 aromatic heterocycles. The SMILES string of the molecule is Cl.Nc1nccc(Nc2ccc3cc[nH]c3c2)n1. The van der Waals surface area contributed by atoms with Crippen LogP contribution in [-0.4, -0.2) is 15.0 Å². The zero-order valence-electron chi connectivity index (χ0n) is 9.42. The van der Waals surface area contributed by atoms with Gasteiger partial charge in [0.2, 0.25) is 5.95 Å². The molecule has 0 radical (unpaired) electrons. The number of rotatable bonds is 2. The third kappa shape index (κ3) is 2.36. The third-order valence-electron chi connectivity index (χ3n) is 2.50. The summed E-state index contributed by atoms with van der Waals surface area (Å²) in [5, 5.41) is 4.35. The Morgan fingerprint density at radius 2 is 2.06 bits per heavy atom. The molecular formula is C12H12ClN5. The Morgan fingerprint density at radius 3 is 2.89 bits per heavy atom. The van der Waals surface area contributed by atoms with Gasteiger partial charge < -0.3 is 16.0 Å². The van der Waals surface area contributed by atoms with Gasteiger partial charge in [-0.1, -0.05) is 6.07 Å². The minimum Gasteiger partial charge on any atom is -0.368 e. The maximum absolute atomic E-state index is 5.52. The first-order valence-electron chi connectivity index (χ1n) is 5.24. The van der Waals surface area contributed by atoms with E-state index in [1.807, 2.05) is 30.5 Å². The molecule has 92 valence electrons. The van der Waals surface area contributed by atoms with Crippen molar-refractivity contribution in [3.8, 4) is 0 Å². The number of hydrogen-bond donors (Lipinski definition) is 3. The number of nitrogens with one attached hydrogen (secondary N) is 2. The Kier molecular flexibility index (Phi) is 3.34. The van der Waals surface area contributed by atoms with E-state index in [1.54, 1.807) is 12.3 Å². The van der Waals surface area contributed by atoms with Gasteiger partial charge in [-0.25, -0.2) is 4.98 Å². The van der Waals surface area contributed by atoms with Crippen molar-refractivity contribution >= 4 is 40.8 Å². The molecule has 0 saturated carbocycles. The number of aromatic nitrogens is 3. The van der Waals surface area contributed by atoms with E-state index in [0.29, 0.717) is 5.82 Å². The van der Waals surface area contributed by atoms with Crippen LogP contribution in [0.1, 0.15) is 0 Å². The molecule has 0 aliphatic heterocycles. The van der Waals surface area contributed by atoms with Gasteiger partial charge in [-0.2, -0.15) is 4.98 Å². The van der Waals surface area contributed by atoms with Crippen LogP contribution in [0.15, 0.2) is 42.7 Å². The minimum absolute atomic E-state index is 0. The Morgan fingerprint density at radius 1 is 1.17 bits per heavy atom. The molecule has 3 aromatic rings. The monoisotopic (exact) mass is 261 g/mol. The predicted octanol–water partition coefficient (Wildman–Crippen LogP) is 2.71. The summed E-state index contributed by atoms with van der Waals surface area (Å²) >= 11 is 0. The molecule has 0 aliphatic carbocycles. The van der Waals surface area contributed by atoms with E-state index in [-0.39, 0.29) is 18.4 Å². The van der Waals surface area contributed by atoms with E-state index >= 15 is 0 Å². The van der Waals surface area contributed by atoms with Gasteiger partial charge in [-0.15, -0.1) is 12.4 Å². The molecule has 0 atom stereocenters. The lowest BCUT2D eigenvalue weighted by atomic mass is 10.2. The summed E-state index contributed by atoms with van der Waals surface area (Å²) in [5.41, 5.74) is 7.55. The van der Waals surface area contributed by atoms with Crippen LogP contribution >= 0.6 is 12.4 Å². The zero-order valence-corrected chi connectivity index (χ0v) is 10.2. The normalized spacial score (nSPS) is 10.0. The predicted molar refractivity (Wildman–Crippen MR) is 75.3 cm³/mol. The molecule has 0 spiro atoms. The molecule has 2 heterocycles. The fourth-order valence-electron chi connectivity index (χ4n) is 1.72. The minimum atomic E-state index is 0.